The van der Waals surface area contributed by atoms with E-state index in [0.29, 0.717) is 0 Å². The Morgan fingerprint density at radius 1 is 1.05 bits per heavy atom. The number of aromatic nitrogens is 3. The van der Waals surface area contributed by atoms with Gasteiger partial charge in [0, 0.05) is 28.9 Å². The van der Waals surface area contributed by atoms with E-state index in [9.17, 15) is 0 Å². The van der Waals surface area contributed by atoms with Crippen molar-refractivity contribution in [1.82, 2.24) is 14.5 Å². The molecule has 0 aliphatic rings. The molecule has 0 fully saturated rings. The standard InChI is InChI=1S/C16H12N4/c17-12-4-5-16-14(8-12)19-10-20(16)15-3-1-2-11-9-18-7-6-13(11)15/h1-10H,17H2. The molecule has 2 aromatic heterocycles. The van der Waals surface area contributed by atoms with E-state index in [1.54, 1.807) is 0 Å². The molecule has 2 heterocycles. The second kappa shape index (κ2) is 4.06. The van der Waals surface area contributed by atoms with E-state index in [0.717, 1.165) is 33.2 Å². The van der Waals surface area contributed by atoms with Crippen LogP contribution in [-0.4, -0.2) is 14.5 Å². The number of imidazole rings is 1. The summed E-state index contributed by atoms with van der Waals surface area (Å²) in [6.07, 6.45) is 5.51. The molecule has 2 N–H and O–H groups in total. The predicted molar refractivity (Wildman–Crippen MR) is 80.8 cm³/mol. The zero-order chi connectivity index (χ0) is 13.5. The van der Waals surface area contributed by atoms with Gasteiger partial charge in [-0.05, 0) is 30.3 Å². The molecule has 4 nitrogen and oxygen atoms in total. The van der Waals surface area contributed by atoms with Crippen LogP contribution < -0.4 is 5.73 Å². The summed E-state index contributed by atoms with van der Waals surface area (Å²) in [5.74, 6) is 0. The highest BCUT2D eigenvalue weighted by Crippen LogP contribution is 2.25. The van der Waals surface area contributed by atoms with Gasteiger partial charge in [0.25, 0.3) is 0 Å². The van der Waals surface area contributed by atoms with Crippen LogP contribution in [0.1, 0.15) is 0 Å². The van der Waals surface area contributed by atoms with E-state index in [2.05, 4.69) is 26.7 Å². The molecule has 0 atom stereocenters. The van der Waals surface area contributed by atoms with Crippen molar-refractivity contribution in [3.63, 3.8) is 0 Å². The molecule has 0 saturated heterocycles. The number of fused-ring (bicyclic) bond motifs is 2. The molecule has 0 amide bonds. The summed E-state index contributed by atoms with van der Waals surface area (Å²) < 4.78 is 2.08. The van der Waals surface area contributed by atoms with E-state index in [1.807, 2.05) is 49.1 Å². The minimum Gasteiger partial charge on any atom is -0.399 e. The van der Waals surface area contributed by atoms with E-state index in [-0.39, 0.29) is 0 Å². The first-order chi connectivity index (χ1) is 9.83. The zero-order valence-corrected chi connectivity index (χ0v) is 10.7. The predicted octanol–water partition coefficient (Wildman–Crippen LogP) is 3.16. The first-order valence-corrected chi connectivity index (χ1v) is 6.39. The lowest BCUT2D eigenvalue weighted by atomic mass is 10.1. The molecule has 0 unspecified atom stereocenters. The third-order valence-electron chi connectivity index (χ3n) is 3.49. The summed E-state index contributed by atoms with van der Waals surface area (Å²) in [4.78, 5) is 8.60. The molecule has 0 radical (unpaired) electrons. The van der Waals surface area contributed by atoms with Crippen LogP contribution in [0.4, 0.5) is 5.69 Å². The number of nitrogens with zero attached hydrogens (tertiary/aromatic N) is 3. The second-order valence-electron chi connectivity index (χ2n) is 4.74. The molecule has 96 valence electrons. The number of anilines is 1. The van der Waals surface area contributed by atoms with Gasteiger partial charge in [0.1, 0.15) is 6.33 Å². The van der Waals surface area contributed by atoms with Crippen molar-refractivity contribution in [2.24, 2.45) is 0 Å². The van der Waals surface area contributed by atoms with Crippen LogP contribution in [0.5, 0.6) is 0 Å². The molecule has 0 aliphatic carbocycles. The summed E-state index contributed by atoms with van der Waals surface area (Å²) in [6.45, 7) is 0. The lowest BCUT2D eigenvalue weighted by Crippen LogP contribution is -1.94. The molecule has 0 aliphatic heterocycles. The zero-order valence-electron chi connectivity index (χ0n) is 10.7. The number of hydrogen-bond acceptors (Lipinski definition) is 3. The topological polar surface area (TPSA) is 56.7 Å². The quantitative estimate of drug-likeness (QED) is 0.535. The number of rotatable bonds is 1. The van der Waals surface area contributed by atoms with E-state index in [4.69, 9.17) is 5.73 Å². The first-order valence-electron chi connectivity index (χ1n) is 6.39. The number of nitrogens with two attached hydrogens (primary N) is 1. The minimum atomic E-state index is 0.727. The number of hydrogen-bond donors (Lipinski definition) is 1. The molecule has 0 spiro atoms. The molecular formula is C16H12N4. The van der Waals surface area contributed by atoms with Crippen LogP contribution in [0.25, 0.3) is 27.5 Å². The number of benzene rings is 2. The van der Waals surface area contributed by atoms with Crippen molar-refractivity contribution < 1.29 is 0 Å². The van der Waals surface area contributed by atoms with E-state index in [1.165, 1.54) is 0 Å². The maximum atomic E-state index is 5.80. The largest absolute Gasteiger partial charge is 0.399 e. The van der Waals surface area contributed by atoms with Crippen molar-refractivity contribution in [3.8, 4) is 5.69 Å². The Kier molecular flexibility index (Phi) is 2.23. The summed E-state index contributed by atoms with van der Waals surface area (Å²) in [5.41, 5.74) is 9.57. The molecule has 4 aromatic rings. The average molecular weight is 260 g/mol. The van der Waals surface area contributed by atoms with Crippen LogP contribution in [-0.2, 0) is 0 Å². The van der Waals surface area contributed by atoms with Crippen LogP contribution >= 0.6 is 0 Å². The Balaban J connectivity index is 2.06. The van der Waals surface area contributed by atoms with Gasteiger partial charge in [-0.15, -0.1) is 0 Å². The van der Waals surface area contributed by atoms with Crippen LogP contribution in [0.3, 0.4) is 0 Å². The van der Waals surface area contributed by atoms with E-state index >= 15 is 0 Å². The Labute approximate surface area is 115 Å². The molecule has 4 rings (SSSR count). The summed E-state index contributed by atoms with van der Waals surface area (Å²) in [5, 5.41) is 2.26. The molecule has 20 heavy (non-hydrogen) atoms. The van der Waals surface area contributed by atoms with Gasteiger partial charge in [0.05, 0.1) is 16.7 Å². The molecular weight excluding hydrogens is 248 g/mol. The lowest BCUT2D eigenvalue weighted by molar-refractivity contribution is 1.10. The Morgan fingerprint density at radius 2 is 2.00 bits per heavy atom. The van der Waals surface area contributed by atoms with Gasteiger partial charge >= 0.3 is 0 Å². The second-order valence-corrected chi connectivity index (χ2v) is 4.74. The fraction of sp³-hybridized carbons (Fsp3) is 0. The van der Waals surface area contributed by atoms with Crippen LogP contribution in [0, 0.1) is 0 Å². The van der Waals surface area contributed by atoms with Gasteiger partial charge in [0.15, 0.2) is 0 Å². The highest BCUT2D eigenvalue weighted by atomic mass is 15.0. The highest BCUT2D eigenvalue weighted by molar-refractivity contribution is 5.92. The monoisotopic (exact) mass is 260 g/mol. The maximum absolute atomic E-state index is 5.80. The Bertz CT molecular complexity index is 919. The Hall–Kier alpha value is -2.88. The summed E-state index contributed by atoms with van der Waals surface area (Å²) in [7, 11) is 0. The highest BCUT2D eigenvalue weighted by Gasteiger charge is 2.07. The minimum absolute atomic E-state index is 0.727. The SMILES string of the molecule is Nc1ccc2c(c1)ncn2-c1cccc2cnccc12. The van der Waals surface area contributed by atoms with Crippen LogP contribution in [0.2, 0.25) is 0 Å². The average Bonchev–Trinajstić information content (AvgIpc) is 2.89. The number of pyridine rings is 1. The molecule has 2 aromatic carbocycles. The fourth-order valence-electron chi connectivity index (χ4n) is 2.54. The first kappa shape index (κ1) is 11.0. The van der Waals surface area contributed by atoms with Crippen molar-refractivity contribution in [3.05, 3.63) is 61.2 Å². The van der Waals surface area contributed by atoms with Gasteiger partial charge in [-0.3, -0.25) is 9.55 Å². The molecule has 0 bridgehead atoms. The normalized spacial score (nSPS) is 11.2. The van der Waals surface area contributed by atoms with Gasteiger partial charge in [-0.25, -0.2) is 4.98 Å². The Morgan fingerprint density at radius 3 is 2.95 bits per heavy atom. The number of nitrogen functional groups attached to an aromatic ring is 1. The molecule has 0 saturated carbocycles. The summed E-state index contributed by atoms with van der Waals surface area (Å²) in [6, 6.07) is 14.0. The third kappa shape index (κ3) is 1.55. The van der Waals surface area contributed by atoms with Gasteiger partial charge < -0.3 is 5.73 Å². The fourth-order valence-corrected chi connectivity index (χ4v) is 2.54. The van der Waals surface area contributed by atoms with Crippen molar-refractivity contribution >= 4 is 27.5 Å². The van der Waals surface area contributed by atoms with Gasteiger partial charge in [0.2, 0.25) is 0 Å². The van der Waals surface area contributed by atoms with Crippen LogP contribution in [0.15, 0.2) is 61.2 Å². The lowest BCUT2D eigenvalue weighted by Gasteiger charge is -2.08. The van der Waals surface area contributed by atoms with Crippen molar-refractivity contribution in [1.29, 1.82) is 0 Å². The third-order valence-corrected chi connectivity index (χ3v) is 3.49. The van der Waals surface area contributed by atoms with Crippen molar-refractivity contribution in [2.75, 3.05) is 5.73 Å². The molecule has 4 heteroatoms. The smallest absolute Gasteiger partial charge is 0.100 e. The van der Waals surface area contributed by atoms with Gasteiger partial charge in [-0.1, -0.05) is 12.1 Å². The summed E-state index contributed by atoms with van der Waals surface area (Å²) >= 11 is 0. The maximum Gasteiger partial charge on any atom is 0.100 e. The van der Waals surface area contributed by atoms with Gasteiger partial charge in [-0.2, -0.15) is 0 Å². The van der Waals surface area contributed by atoms with Crippen molar-refractivity contribution in [2.45, 2.75) is 0 Å². The van der Waals surface area contributed by atoms with E-state index < -0.39 is 0 Å².